The van der Waals surface area contributed by atoms with Crippen LogP contribution in [0, 0.1) is 13.8 Å². The van der Waals surface area contributed by atoms with Gasteiger partial charge >= 0.3 is 0 Å². The summed E-state index contributed by atoms with van der Waals surface area (Å²) in [6.45, 7) is 7.49. The number of rotatable bonds is 5. The van der Waals surface area contributed by atoms with E-state index in [0.717, 1.165) is 18.0 Å². The van der Waals surface area contributed by atoms with Crippen LogP contribution in [0.1, 0.15) is 33.8 Å². The molecule has 0 bridgehead atoms. The lowest BCUT2D eigenvalue weighted by Gasteiger charge is -2.18. The molecular weight excluding hydrogens is 274 g/mol. The van der Waals surface area contributed by atoms with Gasteiger partial charge in [-0.25, -0.2) is 0 Å². The Morgan fingerprint density at radius 3 is 2.63 bits per heavy atom. The van der Waals surface area contributed by atoms with Gasteiger partial charge in [-0.1, -0.05) is 30.7 Å². The zero-order chi connectivity index (χ0) is 13.8. The SMILES string of the molecule is CCNC(Cc1cccc(Cl)c1)c1sc(C)cc1C. The fourth-order valence-electron chi connectivity index (χ4n) is 2.41. The molecule has 19 heavy (non-hydrogen) atoms. The second-order valence-corrected chi connectivity index (χ2v) is 6.57. The van der Waals surface area contributed by atoms with Gasteiger partial charge in [-0.05, 0) is 56.1 Å². The van der Waals surface area contributed by atoms with E-state index >= 15 is 0 Å². The number of nitrogens with one attached hydrogen (secondary N) is 1. The lowest BCUT2D eigenvalue weighted by molar-refractivity contribution is 0.556. The molecule has 1 aromatic carbocycles. The van der Waals surface area contributed by atoms with Crippen LogP contribution in [0.4, 0.5) is 0 Å². The molecule has 0 saturated carbocycles. The number of hydrogen-bond donors (Lipinski definition) is 1. The average Bonchev–Trinajstić information content (AvgIpc) is 2.68. The van der Waals surface area contributed by atoms with Crippen molar-refractivity contribution in [2.45, 2.75) is 33.2 Å². The van der Waals surface area contributed by atoms with Crippen LogP contribution >= 0.6 is 22.9 Å². The molecule has 0 saturated heterocycles. The van der Waals surface area contributed by atoms with E-state index in [1.807, 2.05) is 23.5 Å². The van der Waals surface area contributed by atoms with Crippen LogP contribution in [0.5, 0.6) is 0 Å². The largest absolute Gasteiger partial charge is 0.309 e. The van der Waals surface area contributed by atoms with E-state index in [1.54, 1.807) is 0 Å². The van der Waals surface area contributed by atoms with Crippen molar-refractivity contribution < 1.29 is 0 Å². The summed E-state index contributed by atoms with van der Waals surface area (Å²) in [5.74, 6) is 0. The maximum atomic E-state index is 6.07. The van der Waals surface area contributed by atoms with Gasteiger partial charge in [0.1, 0.15) is 0 Å². The Balaban J connectivity index is 2.23. The van der Waals surface area contributed by atoms with Crippen molar-refractivity contribution in [2.24, 2.45) is 0 Å². The van der Waals surface area contributed by atoms with Crippen molar-refractivity contribution in [3.05, 3.63) is 56.2 Å². The Bertz CT molecular complexity index is 547. The van der Waals surface area contributed by atoms with Crippen molar-refractivity contribution in [3.63, 3.8) is 0 Å². The molecule has 0 fully saturated rings. The zero-order valence-electron chi connectivity index (χ0n) is 11.7. The molecule has 1 N–H and O–H groups in total. The van der Waals surface area contributed by atoms with Crippen LogP contribution in [-0.4, -0.2) is 6.54 Å². The predicted molar refractivity (Wildman–Crippen MR) is 85.4 cm³/mol. The highest BCUT2D eigenvalue weighted by atomic mass is 35.5. The summed E-state index contributed by atoms with van der Waals surface area (Å²) in [5.41, 5.74) is 2.67. The topological polar surface area (TPSA) is 12.0 Å². The standard InChI is InChI=1S/C16H20ClNS/c1-4-18-15(16-11(2)8-12(3)19-16)10-13-6-5-7-14(17)9-13/h5-9,15,18H,4,10H2,1-3H3. The number of benzene rings is 1. The fraction of sp³-hybridized carbons (Fsp3) is 0.375. The monoisotopic (exact) mass is 293 g/mol. The summed E-state index contributed by atoms with van der Waals surface area (Å²) >= 11 is 7.96. The van der Waals surface area contributed by atoms with Crippen LogP contribution in [0.2, 0.25) is 5.02 Å². The van der Waals surface area contributed by atoms with Crippen molar-refractivity contribution in [1.29, 1.82) is 0 Å². The van der Waals surface area contributed by atoms with Gasteiger partial charge in [0.2, 0.25) is 0 Å². The highest BCUT2D eigenvalue weighted by Crippen LogP contribution is 2.30. The zero-order valence-corrected chi connectivity index (χ0v) is 13.2. The third-order valence-electron chi connectivity index (χ3n) is 3.18. The van der Waals surface area contributed by atoms with Crippen LogP contribution in [0.3, 0.4) is 0 Å². The molecule has 0 aliphatic carbocycles. The molecule has 1 nitrogen and oxygen atoms in total. The number of hydrogen-bond acceptors (Lipinski definition) is 2. The Kier molecular flexibility index (Phi) is 5.03. The average molecular weight is 294 g/mol. The smallest absolute Gasteiger partial charge is 0.0458 e. The molecule has 0 radical (unpaired) electrons. The van der Waals surface area contributed by atoms with Crippen molar-refractivity contribution in [3.8, 4) is 0 Å². The van der Waals surface area contributed by atoms with Crippen molar-refractivity contribution in [1.82, 2.24) is 5.32 Å². The van der Waals surface area contributed by atoms with Gasteiger partial charge < -0.3 is 5.32 Å². The summed E-state index contributed by atoms with van der Waals surface area (Å²) in [6.07, 6.45) is 0.981. The highest BCUT2D eigenvalue weighted by Gasteiger charge is 2.16. The van der Waals surface area contributed by atoms with E-state index < -0.39 is 0 Å². The number of likely N-dealkylation sites (N-methyl/N-ethyl adjacent to an activating group) is 1. The second-order valence-electron chi connectivity index (χ2n) is 4.85. The first-order valence-corrected chi connectivity index (χ1v) is 7.84. The lowest BCUT2D eigenvalue weighted by atomic mass is 10.0. The highest BCUT2D eigenvalue weighted by molar-refractivity contribution is 7.12. The quantitative estimate of drug-likeness (QED) is 0.826. The van der Waals surface area contributed by atoms with E-state index in [0.29, 0.717) is 6.04 Å². The molecule has 102 valence electrons. The molecule has 1 heterocycles. The van der Waals surface area contributed by atoms with Gasteiger partial charge in [-0.3, -0.25) is 0 Å². The lowest BCUT2D eigenvalue weighted by Crippen LogP contribution is -2.22. The normalized spacial score (nSPS) is 12.6. The summed E-state index contributed by atoms with van der Waals surface area (Å²) in [6, 6.07) is 10.8. The second kappa shape index (κ2) is 6.56. The molecule has 2 aromatic rings. The molecule has 0 amide bonds. The number of halogens is 1. The minimum Gasteiger partial charge on any atom is -0.309 e. The minimum absolute atomic E-state index is 0.377. The molecule has 1 unspecified atom stereocenters. The van der Waals surface area contributed by atoms with Gasteiger partial charge in [-0.15, -0.1) is 11.3 Å². The summed E-state index contributed by atoms with van der Waals surface area (Å²) in [5, 5.41) is 4.40. The molecule has 0 aliphatic rings. The van der Waals surface area contributed by atoms with Crippen LogP contribution in [0.25, 0.3) is 0 Å². The first-order chi connectivity index (χ1) is 9.10. The van der Waals surface area contributed by atoms with Gasteiger partial charge in [0.15, 0.2) is 0 Å². The molecular formula is C16H20ClNS. The summed E-state index contributed by atoms with van der Waals surface area (Å²) in [4.78, 5) is 2.82. The van der Waals surface area contributed by atoms with Crippen molar-refractivity contribution in [2.75, 3.05) is 6.54 Å². The first kappa shape index (κ1) is 14.6. The Labute approximate surface area is 124 Å². The van der Waals surface area contributed by atoms with Crippen LogP contribution < -0.4 is 5.32 Å². The summed E-state index contributed by atoms with van der Waals surface area (Å²) < 4.78 is 0. The van der Waals surface area contributed by atoms with E-state index in [4.69, 9.17) is 11.6 Å². The van der Waals surface area contributed by atoms with Gasteiger partial charge in [0, 0.05) is 20.8 Å². The molecule has 0 aliphatic heterocycles. The molecule has 1 aromatic heterocycles. The van der Waals surface area contributed by atoms with Gasteiger partial charge in [-0.2, -0.15) is 0 Å². The molecule has 0 spiro atoms. The third-order valence-corrected chi connectivity index (χ3v) is 4.68. The van der Waals surface area contributed by atoms with Crippen LogP contribution in [0.15, 0.2) is 30.3 Å². The molecule has 1 atom stereocenters. The minimum atomic E-state index is 0.377. The van der Waals surface area contributed by atoms with Crippen molar-refractivity contribution >= 4 is 22.9 Å². The molecule has 2 rings (SSSR count). The fourth-order valence-corrected chi connectivity index (χ4v) is 3.73. The number of thiophene rings is 1. The van der Waals surface area contributed by atoms with E-state index in [2.05, 4.69) is 44.3 Å². The Morgan fingerprint density at radius 1 is 1.26 bits per heavy atom. The summed E-state index contributed by atoms with van der Waals surface area (Å²) in [7, 11) is 0. The number of aryl methyl sites for hydroxylation is 2. The first-order valence-electron chi connectivity index (χ1n) is 6.65. The Hall–Kier alpha value is -0.830. The predicted octanol–water partition coefficient (Wildman–Crippen LogP) is 4.91. The third kappa shape index (κ3) is 3.82. The molecule has 3 heteroatoms. The van der Waals surface area contributed by atoms with Gasteiger partial charge in [0.25, 0.3) is 0 Å². The van der Waals surface area contributed by atoms with E-state index in [-0.39, 0.29) is 0 Å². The van der Waals surface area contributed by atoms with Crippen LogP contribution in [-0.2, 0) is 6.42 Å². The maximum Gasteiger partial charge on any atom is 0.0458 e. The van der Waals surface area contributed by atoms with E-state index in [1.165, 1.54) is 20.9 Å². The van der Waals surface area contributed by atoms with Gasteiger partial charge in [0.05, 0.1) is 0 Å². The Morgan fingerprint density at radius 2 is 2.05 bits per heavy atom. The maximum absolute atomic E-state index is 6.07. The van der Waals surface area contributed by atoms with E-state index in [9.17, 15) is 0 Å².